The summed E-state index contributed by atoms with van der Waals surface area (Å²) in [5.74, 6) is -0.500. The van der Waals surface area contributed by atoms with Gasteiger partial charge in [-0.15, -0.1) is 0 Å². The summed E-state index contributed by atoms with van der Waals surface area (Å²) in [6.07, 6.45) is 1.39. The number of hydrogen-bond acceptors (Lipinski definition) is 7. The monoisotopic (exact) mass is 569 g/mol. The fourth-order valence-electron chi connectivity index (χ4n) is 4.98. The molecule has 5 rings (SSSR count). The van der Waals surface area contributed by atoms with Crippen LogP contribution in [0.3, 0.4) is 0 Å². The van der Waals surface area contributed by atoms with Crippen molar-refractivity contribution in [3.8, 4) is 0 Å². The minimum atomic E-state index is -0.371. The Kier molecular flexibility index (Phi) is 8.37. The number of nitrogens with two attached hydrogens (primary N) is 2. The zero-order valence-corrected chi connectivity index (χ0v) is 23.2. The van der Waals surface area contributed by atoms with E-state index in [-0.39, 0.29) is 29.4 Å². The van der Waals surface area contributed by atoms with Gasteiger partial charge in [0.05, 0.1) is 5.56 Å². The molecule has 218 valence electrons. The second-order valence-corrected chi connectivity index (χ2v) is 10.2. The average molecular weight is 570 g/mol. The average Bonchev–Trinajstić information content (AvgIpc) is 3.02. The molecule has 13 heteroatoms. The van der Waals surface area contributed by atoms with Crippen LogP contribution >= 0.6 is 0 Å². The molecule has 0 spiro atoms. The van der Waals surface area contributed by atoms with Crippen molar-refractivity contribution < 1.29 is 9.59 Å². The molecule has 3 aromatic rings. The van der Waals surface area contributed by atoms with Gasteiger partial charge in [-0.2, -0.15) is 0 Å². The lowest BCUT2D eigenvalue weighted by atomic mass is 10.2. The fourth-order valence-corrected chi connectivity index (χ4v) is 4.98. The Morgan fingerprint density at radius 3 is 1.43 bits per heavy atom. The fraction of sp³-hybridized carbons (Fsp3) is 0.276. The van der Waals surface area contributed by atoms with Crippen molar-refractivity contribution in [3.05, 3.63) is 78.1 Å². The quantitative estimate of drug-likeness (QED) is 0.190. The molecular weight excluding hydrogens is 534 g/mol. The highest BCUT2D eigenvalue weighted by molar-refractivity contribution is 6.06. The van der Waals surface area contributed by atoms with Crippen LogP contribution in [0.15, 0.2) is 66.9 Å². The lowest BCUT2D eigenvalue weighted by Gasteiger charge is -2.36. The summed E-state index contributed by atoms with van der Waals surface area (Å²) in [5, 5.41) is 20.8. The number of nitrogens with zero attached hydrogens (tertiary/aromatic N) is 5. The zero-order valence-electron chi connectivity index (χ0n) is 23.2. The number of nitrogens with one attached hydrogen (secondary N) is 4. The second kappa shape index (κ2) is 12.5. The molecule has 2 amide bonds. The number of guanidine groups is 2. The Labute approximate surface area is 244 Å². The van der Waals surface area contributed by atoms with E-state index in [2.05, 4.69) is 25.4 Å². The first-order chi connectivity index (χ1) is 20.3. The van der Waals surface area contributed by atoms with Crippen LogP contribution < -0.4 is 31.9 Å². The van der Waals surface area contributed by atoms with Crippen LogP contribution in [-0.2, 0) is 0 Å². The summed E-state index contributed by atoms with van der Waals surface area (Å²) in [4.78, 5) is 37.8. The largest absolute Gasteiger partial charge is 0.370 e. The Morgan fingerprint density at radius 2 is 1.05 bits per heavy atom. The number of anilines is 4. The second-order valence-electron chi connectivity index (χ2n) is 10.2. The number of aromatic nitrogens is 1. The standard InChI is InChI=1S/C29H35N11O2/c30-28(31)39-15-11-37(12-16-39)23-6-2-21(3-7-23)35-26(41)20-1-10-25(34-19-20)27(42)36-22-4-8-24(9-5-22)38-13-17-40(18-14-38)29(32)33/h1-10,19H,11-18H2,(H3,30,31)(H3,32,33)(H,35,41)(H,36,42). The number of carbonyl (C=O) groups is 2. The maximum atomic E-state index is 12.8. The van der Waals surface area contributed by atoms with Crippen molar-refractivity contribution in [3.63, 3.8) is 0 Å². The molecule has 0 saturated carbocycles. The van der Waals surface area contributed by atoms with Crippen molar-refractivity contribution in [2.24, 2.45) is 11.5 Å². The molecule has 3 heterocycles. The highest BCUT2D eigenvalue weighted by Crippen LogP contribution is 2.21. The summed E-state index contributed by atoms with van der Waals surface area (Å²) in [6, 6.07) is 18.3. The van der Waals surface area contributed by atoms with Crippen LogP contribution in [0.5, 0.6) is 0 Å². The normalized spacial score (nSPS) is 15.2. The van der Waals surface area contributed by atoms with Crippen LogP contribution in [0.25, 0.3) is 0 Å². The Hall–Kier alpha value is -5.33. The Balaban J connectivity index is 1.11. The molecule has 2 aliphatic heterocycles. The number of rotatable bonds is 6. The third kappa shape index (κ3) is 6.69. The van der Waals surface area contributed by atoms with Crippen LogP contribution in [0.4, 0.5) is 22.7 Å². The molecule has 2 aliphatic rings. The van der Waals surface area contributed by atoms with Crippen molar-refractivity contribution in [1.29, 1.82) is 10.8 Å². The minimum absolute atomic E-state index is 0.0959. The van der Waals surface area contributed by atoms with E-state index in [1.54, 1.807) is 6.07 Å². The number of benzene rings is 2. The molecule has 0 atom stereocenters. The molecule has 2 fully saturated rings. The van der Waals surface area contributed by atoms with E-state index >= 15 is 0 Å². The number of hydrogen-bond donors (Lipinski definition) is 6. The van der Waals surface area contributed by atoms with E-state index in [4.69, 9.17) is 22.3 Å². The third-order valence-corrected chi connectivity index (χ3v) is 7.48. The maximum absolute atomic E-state index is 12.8. The van der Waals surface area contributed by atoms with Crippen LogP contribution in [-0.4, -0.2) is 90.9 Å². The predicted molar refractivity (Wildman–Crippen MR) is 164 cm³/mol. The van der Waals surface area contributed by atoms with Gasteiger partial charge in [-0.05, 0) is 60.7 Å². The molecular formula is C29H35N11O2. The van der Waals surface area contributed by atoms with Crippen LogP contribution in [0, 0.1) is 10.8 Å². The summed E-state index contributed by atoms with van der Waals surface area (Å²) >= 11 is 0. The first-order valence-corrected chi connectivity index (χ1v) is 13.7. The molecule has 0 unspecified atom stereocenters. The van der Waals surface area contributed by atoms with E-state index < -0.39 is 0 Å². The summed E-state index contributed by atoms with van der Waals surface area (Å²) in [6.45, 7) is 5.85. The topological polar surface area (TPSA) is 184 Å². The van der Waals surface area contributed by atoms with Crippen molar-refractivity contribution >= 4 is 46.5 Å². The molecule has 0 bridgehead atoms. The zero-order chi connectivity index (χ0) is 29.6. The van der Waals surface area contributed by atoms with Gasteiger partial charge in [0.15, 0.2) is 11.9 Å². The van der Waals surface area contributed by atoms with Gasteiger partial charge in [0.25, 0.3) is 11.8 Å². The first kappa shape index (κ1) is 28.2. The Morgan fingerprint density at radius 1 is 0.619 bits per heavy atom. The molecule has 0 radical (unpaired) electrons. The number of piperazine rings is 2. The van der Waals surface area contributed by atoms with Gasteiger partial charge in [-0.3, -0.25) is 25.4 Å². The van der Waals surface area contributed by atoms with E-state index in [0.717, 1.165) is 37.6 Å². The number of amides is 2. The molecule has 2 aromatic carbocycles. The molecule has 8 N–H and O–H groups in total. The van der Waals surface area contributed by atoms with Gasteiger partial charge in [-0.25, -0.2) is 0 Å². The molecule has 13 nitrogen and oxygen atoms in total. The molecule has 42 heavy (non-hydrogen) atoms. The van der Waals surface area contributed by atoms with Crippen molar-refractivity contribution in [1.82, 2.24) is 14.8 Å². The van der Waals surface area contributed by atoms with Gasteiger partial charge in [-0.1, -0.05) is 0 Å². The van der Waals surface area contributed by atoms with Gasteiger partial charge in [0.2, 0.25) is 0 Å². The lowest BCUT2D eigenvalue weighted by Crippen LogP contribution is -2.50. The minimum Gasteiger partial charge on any atom is -0.370 e. The summed E-state index contributed by atoms with van der Waals surface area (Å²) < 4.78 is 0. The first-order valence-electron chi connectivity index (χ1n) is 13.7. The predicted octanol–water partition coefficient (Wildman–Crippen LogP) is 1.62. The van der Waals surface area contributed by atoms with Gasteiger partial charge in [0, 0.05) is 81.3 Å². The molecule has 0 aliphatic carbocycles. The van der Waals surface area contributed by atoms with Crippen molar-refractivity contribution in [2.75, 3.05) is 72.8 Å². The van der Waals surface area contributed by atoms with E-state index in [1.165, 1.54) is 12.3 Å². The lowest BCUT2D eigenvalue weighted by molar-refractivity contribution is 0.101. The third-order valence-electron chi connectivity index (χ3n) is 7.48. The summed E-state index contributed by atoms with van der Waals surface area (Å²) in [7, 11) is 0. The maximum Gasteiger partial charge on any atom is 0.274 e. The highest BCUT2D eigenvalue weighted by atomic mass is 16.2. The highest BCUT2D eigenvalue weighted by Gasteiger charge is 2.19. The smallest absolute Gasteiger partial charge is 0.274 e. The van der Waals surface area contributed by atoms with Crippen molar-refractivity contribution in [2.45, 2.75) is 0 Å². The number of pyridine rings is 1. The Bertz CT molecular complexity index is 1320. The van der Waals surface area contributed by atoms with Crippen LogP contribution in [0.2, 0.25) is 0 Å². The summed E-state index contributed by atoms with van der Waals surface area (Å²) in [5.41, 5.74) is 15.0. The van der Waals surface area contributed by atoms with Gasteiger partial charge in [0.1, 0.15) is 5.69 Å². The molecule has 2 saturated heterocycles. The SMILES string of the molecule is N=C(N)N1CCN(c2ccc(NC(=O)c3ccc(C(=O)Nc4ccc(N5CCN(C(=N)N)CC5)cc4)nc3)cc2)CC1. The van der Waals surface area contributed by atoms with E-state index in [9.17, 15) is 9.59 Å². The van der Waals surface area contributed by atoms with Crippen LogP contribution in [0.1, 0.15) is 20.8 Å². The van der Waals surface area contributed by atoms with E-state index in [1.807, 2.05) is 58.3 Å². The van der Waals surface area contributed by atoms with E-state index in [0.29, 0.717) is 43.1 Å². The number of carbonyl (C=O) groups excluding carboxylic acids is 2. The van der Waals surface area contributed by atoms with Gasteiger partial charge >= 0.3 is 0 Å². The molecule has 1 aromatic heterocycles. The van der Waals surface area contributed by atoms with Gasteiger partial charge < -0.3 is 41.7 Å².